The maximum atomic E-state index is 13.8. The molecule has 2 aromatic carbocycles. The highest BCUT2D eigenvalue weighted by Crippen LogP contribution is 2.31. The van der Waals surface area contributed by atoms with Crippen LogP contribution in [0.2, 0.25) is 0 Å². The summed E-state index contributed by atoms with van der Waals surface area (Å²) in [5.74, 6) is 1.32. The lowest BCUT2D eigenvalue weighted by atomic mass is 9.96. The Morgan fingerprint density at radius 2 is 1.81 bits per heavy atom. The second-order valence-electron chi connectivity index (χ2n) is 9.05. The molecule has 2 heterocycles. The summed E-state index contributed by atoms with van der Waals surface area (Å²) in [5, 5.41) is 0. The van der Waals surface area contributed by atoms with Gasteiger partial charge in [-0.1, -0.05) is 55.5 Å². The Bertz CT molecular complexity index is 1480. The molecule has 1 aliphatic heterocycles. The van der Waals surface area contributed by atoms with Crippen LogP contribution in [0, 0.1) is 5.92 Å². The Morgan fingerprint density at radius 3 is 2.49 bits per heavy atom. The number of nitrogens with zero attached hydrogens (tertiary/aromatic N) is 2. The van der Waals surface area contributed by atoms with Crippen LogP contribution in [-0.4, -0.2) is 30.4 Å². The van der Waals surface area contributed by atoms with Crippen LogP contribution in [0.4, 0.5) is 0 Å². The minimum absolute atomic E-state index is 0.225. The van der Waals surface area contributed by atoms with Crippen molar-refractivity contribution in [1.82, 2.24) is 4.57 Å². The standard InChI is InChI=1S/C29H32N2O5S/c1-6-34-22-14-12-20(13-15-22)26-25(28(33)35-7-2)19(5)30-29-31(26)27(32)24(37-29)16-21-10-8-9-11-23(21)36-17-18(3)4/h8-16,18,26H,6-7,17H2,1-5H3/b24-16-/t26-/m1/s1. The Labute approximate surface area is 220 Å². The fraction of sp³-hybridized carbons (Fsp3) is 0.345. The van der Waals surface area contributed by atoms with Gasteiger partial charge in [-0.25, -0.2) is 9.79 Å². The van der Waals surface area contributed by atoms with Gasteiger partial charge in [0.1, 0.15) is 11.5 Å². The van der Waals surface area contributed by atoms with Gasteiger partial charge in [0.25, 0.3) is 5.56 Å². The Balaban J connectivity index is 1.87. The molecule has 194 valence electrons. The van der Waals surface area contributed by atoms with Gasteiger partial charge in [0.15, 0.2) is 4.80 Å². The summed E-state index contributed by atoms with van der Waals surface area (Å²) < 4.78 is 19.0. The van der Waals surface area contributed by atoms with Crippen molar-refractivity contribution in [3.63, 3.8) is 0 Å². The number of para-hydroxylation sites is 1. The number of ether oxygens (including phenoxy) is 3. The van der Waals surface area contributed by atoms with Crippen molar-refractivity contribution in [1.29, 1.82) is 0 Å². The van der Waals surface area contributed by atoms with E-state index in [1.807, 2.05) is 61.5 Å². The van der Waals surface area contributed by atoms with Gasteiger partial charge in [-0.15, -0.1) is 0 Å². The Hall–Kier alpha value is -3.65. The van der Waals surface area contributed by atoms with Gasteiger partial charge in [0, 0.05) is 5.56 Å². The van der Waals surface area contributed by atoms with Crippen LogP contribution in [0.5, 0.6) is 11.5 Å². The topological polar surface area (TPSA) is 79.1 Å². The number of esters is 1. The van der Waals surface area contributed by atoms with Gasteiger partial charge in [-0.2, -0.15) is 0 Å². The predicted octanol–water partition coefficient (Wildman–Crippen LogP) is 4.23. The van der Waals surface area contributed by atoms with Gasteiger partial charge in [-0.05, 0) is 56.5 Å². The van der Waals surface area contributed by atoms with Gasteiger partial charge < -0.3 is 14.2 Å². The lowest BCUT2D eigenvalue weighted by Crippen LogP contribution is -2.39. The van der Waals surface area contributed by atoms with E-state index in [1.165, 1.54) is 11.3 Å². The summed E-state index contributed by atoms with van der Waals surface area (Å²) in [5.41, 5.74) is 2.24. The molecule has 1 aliphatic rings. The van der Waals surface area contributed by atoms with Gasteiger partial charge in [0.2, 0.25) is 0 Å². The summed E-state index contributed by atoms with van der Waals surface area (Å²) in [4.78, 5) is 32.0. The number of aromatic nitrogens is 1. The first-order valence-electron chi connectivity index (χ1n) is 12.5. The monoisotopic (exact) mass is 520 g/mol. The normalized spacial score (nSPS) is 15.4. The summed E-state index contributed by atoms with van der Waals surface area (Å²) in [6, 6.07) is 14.4. The maximum absolute atomic E-state index is 13.8. The lowest BCUT2D eigenvalue weighted by molar-refractivity contribution is -0.139. The number of hydrogen-bond donors (Lipinski definition) is 0. The zero-order valence-corrected chi connectivity index (χ0v) is 22.6. The third-order valence-electron chi connectivity index (χ3n) is 5.80. The minimum atomic E-state index is -0.666. The van der Waals surface area contributed by atoms with Crippen molar-refractivity contribution < 1.29 is 19.0 Å². The molecular formula is C29H32N2O5S. The van der Waals surface area contributed by atoms with E-state index in [0.717, 1.165) is 16.9 Å². The molecular weight excluding hydrogens is 488 g/mol. The molecule has 0 N–H and O–H groups in total. The second kappa shape index (κ2) is 11.6. The largest absolute Gasteiger partial charge is 0.494 e. The molecule has 7 nitrogen and oxygen atoms in total. The first kappa shape index (κ1) is 26.4. The molecule has 0 radical (unpaired) electrons. The van der Waals surface area contributed by atoms with E-state index in [2.05, 4.69) is 18.8 Å². The minimum Gasteiger partial charge on any atom is -0.494 e. The van der Waals surface area contributed by atoms with Crippen molar-refractivity contribution in [2.45, 2.75) is 40.7 Å². The molecule has 0 bridgehead atoms. The molecule has 0 saturated heterocycles. The van der Waals surface area contributed by atoms with Crippen molar-refractivity contribution in [2.75, 3.05) is 19.8 Å². The number of carbonyl (C=O) groups excluding carboxylic acids is 1. The smallest absolute Gasteiger partial charge is 0.338 e. The molecule has 1 atom stereocenters. The molecule has 0 unspecified atom stereocenters. The van der Waals surface area contributed by atoms with Crippen LogP contribution in [0.15, 0.2) is 69.6 Å². The Morgan fingerprint density at radius 1 is 1.08 bits per heavy atom. The van der Waals surface area contributed by atoms with E-state index < -0.39 is 12.0 Å². The molecule has 1 aromatic heterocycles. The molecule has 0 amide bonds. The molecule has 37 heavy (non-hydrogen) atoms. The van der Waals surface area contributed by atoms with Crippen LogP contribution >= 0.6 is 11.3 Å². The van der Waals surface area contributed by atoms with Crippen LogP contribution in [0.1, 0.15) is 51.8 Å². The van der Waals surface area contributed by atoms with Crippen LogP contribution < -0.4 is 24.4 Å². The third kappa shape index (κ3) is 5.69. The van der Waals surface area contributed by atoms with Gasteiger partial charge in [0.05, 0.1) is 41.7 Å². The quantitative estimate of drug-likeness (QED) is 0.395. The van der Waals surface area contributed by atoms with E-state index in [0.29, 0.717) is 45.5 Å². The first-order chi connectivity index (χ1) is 17.8. The second-order valence-corrected chi connectivity index (χ2v) is 10.1. The number of hydrogen-bond acceptors (Lipinski definition) is 7. The number of rotatable bonds is 9. The molecule has 0 fully saturated rings. The number of fused-ring (bicyclic) bond motifs is 1. The average Bonchev–Trinajstić information content (AvgIpc) is 3.17. The van der Waals surface area contributed by atoms with Crippen LogP contribution in [0.25, 0.3) is 6.08 Å². The van der Waals surface area contributed by atoms with Crippen LogP contribution in [-0.2, 0) is 9.53 Å². The summed E-state index contributed by atoms with van der Waals surface area (Å²) in [6.07, 6.45) is 1.83. The molecule has 0 aliphatic carbocycles. The van der Waals surface area contributed by atoms with Crippen molar-refractivity contribution >= 4 is 23.4 Å². The van der Waals surface area contributed by atoms with Crippen molar-refractivity contribution in [2.24, 2.45) is 10.9 Å². The SMILES string of the molecule is CCOC(=O)C1=C(C)N=c2s/c(=C\c3ccccc3OCC(C)C)c(=O)n2[C@@H]1c1ccc(OCC)cc1. The van der Waals surface area contributed by atoms with E-state index >= 15 is 0 Å². The maximum Gasteiger partial charge on any atom is 0.338 e. The molecule has 4 rings (SSSR count). The Kier molecular flexibility index (Phi) is 8.28. The predicted molar refractivity (Wildman–Crippen MR) is 145 cm³/mol. The lowest BCUT2D eigenvalue weighted by Gasteiger charge is -2.24. The summed E-state index contributed by atoms with van der Waals surface area (Å²) in [6.45, 7) is 11.0. The average molecular weight is 521 g/mol. The number of benzene rings is 2. The fourth-order valence-corrected chi connectivity index (χ4v) is 5.19. The van der Waals surface area contributed by atoms with Crippen LogP contribution in [0.3, 0.4) is 0 Å². The fourth-order valence-electron chi connectivity index (χ4n) is 4.15. The van der Waals surface area contributed by atoms with E-state index in [4.69, 9.17) is 14.2 Å². The van der Waals surface area contributed by atoms with Crippen molar-refractivity contribution in [3.05, 3.63) is 90.6 Å². The highest BCUT2D eigenvalue weighted by Gasteiger charge is 2.33. The summed E-state index contributed by atoms with van der Waals surface area (Å²) in [7, 11) is 0. The number of thiazole rings is 1. The molecule has 0 saturated carbocycles. The first-order valence-corrected chi connectivity index (χ1v) is 13.3. The third-order valence-corrected chi connectivity index (χ3v) is 6.78. The number of carbonyl (C=O) groups is 1. The molecule has 8 heteroatoms. The van der Waals surface area contributed by atoms with E-state index in [-0.39, 0.29) is 12.2 Å². The van der Waals surface area contributed by atoms with Crippen molar-refractivity contribution in [3.8, 4) is 11.5 Å². The van der Waals surface area contributed by atoms with Gasteiger partial charge in [-0.3, -0.25) is 9.36 Å². The molecule has 0 spiro atoms. The highest BCUT2D eigenvalue weighted by atomic mass is 32.1. The van der Waals surface area contributed by atoms with E-state index in [9.17, 15) is 9.59 Å². The van der Waals surface area contributed by atoms with Gasteiger partial charge >= 0.3 is 5.97 Å². The zero-order valence-electron chi connectivity index (χ0n) is 21.8. The number of allylic oxidation sites excluding steroid dienone is 1. The highest BCUT2D eigenvalue weighted by molar-refractivity contribution is 7.07. The van der Waals surface area contributed by atoms with E-state index in [1.54, 1.807) is 18.4 Å². The zero-order chi connectivity index (χ0) is 26.5. The summed E-state index contributed by atoms with van der Waals surface area (Å²) >= 11 is 1.29. The molecule has 3 aromatic rings.